The Balaban J connectivity index is 1.47. The molecule has 1 aliphatic rings. The van der Waals surface area contributed by atoms with Crippen molar-refractivity contribution in [1.82, 2.24) is 25.1 Å². The molecule has 0 aromatic carbocycles. The molecule has 3 aromatic heterocycles. The van der Waals surface area contributed by atoms with E-state index < -0.39 is 0 Å². The van der Waals surface area contributed by atoms with E-state index in [9.17, 15) is 4.79 Å². The van der Waals surface area contributed by atoms with Crippen LogP contribution in [0.1, 0.15) is 30.7 Å². The number of carbonyl (C=O) groups excluding carboxylic acids is 1. The van der Waals surface area contributed by atoms with Crippen LogP contribution in [0.4, 0.5) is 0 Å². The Labute approximate surface area is 160 Å². The maximum Gasteiger partial charge on any atom is 0.233 e. The van der Waals surface area contributed by atoms with E-state index in [0.717, 1.165) is 34.3 Å². The number of thioether (sulfide) groups is 1. The van der Waals surface area contributed by atoms with Crippen LogP contribution in [0, 0.1) is 0 Å². The predicted molar refractivity (Wildman–Crippen MR) is 103 cm³/mol. The minimum atomic E-state index is -0.238. The Morgan fingerprint density at radius 1 is 1.38 bits per heavy atom. The monoisotopic (exact) mass is 385 g/mol. The Morgan fingerprint density at radius 2 is 2.27 bits per heavy atom. The molecule has 3 heterocycles. The number of carbonyl (C=O) groups is 1. The fraction of sp³-hybridized carbons (Fsp3) is 0.333. The highest BCUT2D eigenvalue weighted by molar-refractivity contribution is 8.00. The largest absolute Gasteiger partial charge is 0.350 e. The highest BCUT2D eigenvalue weighted by atomic mass is 32.2. The topological polar surface area (TPSA) is 72.7 Å². The lowest BCUT2D eigenvalue weighted by Gasteiger charge is -2.13. The third-order valence-electron chi connectivity index (χ3n) is 4.16. The average molecular weight is 386 g/mol. The smallest absolute Gasteiger partial charge is 0.233 e. The quantitative estimate of drug-likeness (QED) is 0.630. The van der Waals surface area contributed by atoms with Crippen LogP contribution in [0.2, 0.25) is 0 Å². The van der Waals surface area contributed by atoms with Crippen LogP contribution in [0.25, 0.3) is 11.4 Å². The third-order valence-corrected chi connectivity index (χ3v) is 6.10. The van der Waals surface area contributed by atoms with Gasteiger partial charge in [0.15, 0.2) is 11.0 Å². The number of nitrogens with one attached hydrogen (secondary N) is 1. The minimum Gasteiger partial charge on any atom is -0.350 e. The number of pyridine rings is 1. The first-order chi connectivity index (χ1) is 12.7. The second-order valence-electron chi connectivity index (χ2n) is 6.21. The van der Waals surface area contributed by atoms with Gasteiger partial charge in [-0.25, -0.2) is 0 Å². The molecule has 0 aliphatic heterocycles. The number of nitrogens with zero attached hydrogens (tertiary/aromatic N) is 4. The van der Waals surface area contributed by atoms with Crippen molar-refractivity contribution in [2.75, 3.05) is 0 Å². The van der Waals surface area contributed by atoms with Gasteiger partial charge in [-0.3, -0.25) is 14.3 Å². The zero-order chi connectivity index (χ0) is 17.9. The summed E-state index contributed by atoms with van der Waals surface area (Å²) in [5.74, 6) is 0.839. The maximum atomic E-state index is 12.4. The summed E-state index contributed by atoms with van der Waals surface area (Å²) in [4.78, 5) is 17.7. The highest BCUT2D eigenvalue weighted by Crippen LogP contribution is 2.41. The van der Waals surface area contributed by atoms with E-state index in [4.69, 9.17) is 0 Å². The van der Waals surface area contributed by atoms with Gasteiger partial charge in [0.2, 0.25) is 5.91 Å². The second-order valence-corrected chi connectivity index (χ2v) is 8.55. The van der Waals surface area contributed by atoms with E-state index in [0.29, 0.717) is 12.6 Å². The van der Waals surface area contributed by atoms with Gasteiger partial charge in [0, 0.05) is 28.9 Å². The van der Waals surface area contributed by atoms with Crippen molar-refractivity contribution < 1.29 is 4.79 Å². The van der Waals surface area contributed by atoms with Crippen molar-refractivity contribution in [3.05, 3.63) is 46.9 Å². The molecule has 1 N–H and O–H groups in total. The van der Waals surface area contributed by atoms with Gasteiger partial charge in [0.1, 0.15) is 0 Å². The third kappa shape index (κ3) is 3.81. The lowest BCUT2D eigenvalue weighted by molar-refractivity contribution is -0.120. The number of thiophene rings is 1. The molecular weight excluding hydrogens is 366 g/mol. The summed E-state index contributed by atoms with van der Waals surface area (Å²) in [5.41, 5.74) is 0.952. The van der Waals surface area contributed by atoms with Gasteiger partial charge < -0.3 is 5.32 Å². The molecule has 0 radical (unpaired) electrons. The van der Waals surface area contributed by atoms with Gasteiger partial charge in [-0.15, -0.1) is 21.5 Å². The zero-order valence-electron chi connectivity index (χ0n) is 14.3. The van der Waals surface area contributed by atoms with E-state index in [2.05, 4.69) is 25.1 Å². The zero-order valence-corrected chi connectivity index (χ0v) is 16.0. The van der Waals surface area contributed by atoms with E-state index in [1.165, 1.54) is 11.8 Å². The van der Waals surface area contributed by atoms with Gasteiger partial charge in [0.25, 0.3) is 0 Å². The number of hydrogen-bond acceptors (Lipinski definition) is 6. The van der Waals surface area contributed by atoms with Crippen LogP contribution in [0.5, 0.6) is 0 Å². The number of amides is 1. The number of rotatable bonds is 7. The molecule has 134 valence electrons. The Kier molecular flexibility index (Phi) is 5.03. The number of hydrogen-bond donors (Lipinski definition) is 1. The van der Waals surface area contributed by atoms with Gasteiger partial charge >= 0.3 is 0 Å². The van der Waals surface area contributed by atoms with Gasteiger partial charge in [-0.05, 0) is 43.3 Å². The molecule has 1 amide bonds. The average Bonchev–Trinajstić information content (AvgIpc) is 3.20. The summed E-state index contributed by atoms with van der Waals surface area (Å²) in [6.45, 7) is 2.47. The summed E-state index contributed by atoms with van der Waals surface area (Å²) < 4.78 is 2.16. The fourth-order valence-electron chi connectivity index (χ4n) is 2.65. The molecular formula is C18H19N5OS2. The molecule has 1 saturated carbocycles. The van der Waals surface area contributed by atoms with Crippen LogP contribution in [0.3, 0.4) is 0 Å². The molecule has 4 rings (SSSR count). The molecule has 1 fully saturated rings. The summed E-state index contributed by atoms with van der Waals surface area (Å²) in [7, 11) is 0. The predicted octanol–water partition coefficient (Wildman–Crippen LogP) is 3.53. The number of aromatic nitrogens is 4. The molecule has 6 nitrogen and oxygen atoms in total. The van der Waals surface area contributed by atoms with Crippen LogP contribution in [-0.4, -0.2) is 30.9 Å². The molecule has 0 saturated heterocycles. The van der Waals surface area contributed by atoms with Crippen molar-refractivity contribution >= 4 is 29.0 Å². The molecule has 1 aliphatic carbocycles. The standard InChI is InChI=1S/C18H19N5OS2/c1-12(17(24)20-11-15-5-3-9-25-15)26-18-22-21-16(23(18)14-6-7-14)13-4-2-8-19-10-13/h2-5,8-10,12,14H,6-7,11H2,1H3,(H,20,24)/t12-/m1/s1. The van der Waals surface area contributed by atoms with Crippen LogP contribution >= 0.6 is 23.1 Å². The summed E-state index contributed by atoms with van der Waals surface area (Å²) >= 11 is 3.10. The fourth-order valence-corrected chi connectivity index (χ4v) is 4.24. The van der Waals surface area contributed by atoms with Crippen LogP contribution < -0.4 is 5.32 Å². The Hall–Kier alpha value is -2.19. The normalized spacial score (nSPS) is 15.0. The highest BCUT2D eigenvalue weighted by Gasteiger charge is 2.31. The van der Waals surface area contributed by atoms with Crippen molar-refractivity contribution in [3.8, 4) is 11.4 Å². The molecule has 0 unspecified atom stereocenters. The summed E-state index contributed by atoms with van der Waals surface area (Å²) in [6, 6.07) is 8.31. The Bertz CT molecular complexity index is 874. The Morgan fingerprint density at radius 3 is 2.96 bits per heavy atom. The first-order valence-electron chi connectivity index (χ1n) is 8.54. The first-order valence-corrected chi connectivity index (χ1v) is 10.3. The molecule has 3 aromatic rings. The van der Waals surface area contributed by atoms with Crippen molar-refractivity contribution in [2.45, 2.75) is 42.8 Å². The van der Waals surface area contributed by atoms with Crippen molar-refractivity contribution in [3.63, 3.8) is 0 Å². The molecule has 8 heteroatoms. The molecule has 0 spiro atoms. The molecule has 26 heavy (non-hydrogen) atoms. The van der Waals surface area contributed by atoms with E-state index in [-0.39, 0.29) is 11.2 Å². The van der Waals surface area contributed by atoms with E-state index >= 15 is 0 Å². The van der Waals surface area contributed by atoms with Crippen LogP contribution in [0.15, 0.2) is 47.2 Å². The van der Waals surface area contributed by atoms with Crippen LogP contribution in [-0.2, 0) is 11.3 Å². The summed E-state index contributed by atoms with van der Waals surface area (Å²) in [6.07, 6.45) is 5.79. The molecule has 0 bridgehead atoms. The van der Waals surface area contributed by atoms with Gasteiger partial charge in [0.05, 0.1) is 11.8 Å². The van der Waals surface area contributed by atoms with E-state index in [1.54, 1.807) is 23.7 Å². The van der Waals surface area contributed by atoms with Gasteiger partial charge in [-0.1, -0.05) is 17.8 Å². The van der Waals surface area contributed by atoms with Crippen molar-refractivity contribution in [2.24, 2.45) is 0 Å². The first kappa shape index (κ1) is 17.2. The van der Waals surface area contributed by atoms with Gasteiger partial charge in [-0.2, -0.15) is 0 Å². The second kappa shape index (κ2) is 7.59. The minimum absolute atomic E-state index is 0.0108. The lowest BCUT2D eigenvalue weighted by atomic mass is 10.3. The maximum absolute atomic E-state index is 12.4. The molecule has 1 atom stereocenters. The lowest BCUT2D eigenvalue weighted by Crippen LogP contribution is -2.30. The summed E-state index contributed by atoms with van der Waals surface area (Å²) in [5, 5.41) is 14.3. The van der Waals surface area contributed by atoms with E-state index in [1.807, 2.05) is 36.6 Å². The van der Waals surface area contributed by atoms with Crippen molar-refractivity contribution in [1.29, 1.82) is 0 Å². The SMILES string of the molecule is C[C@@H](Sc1nnc(-c2cccnc2)n1C1CC1)C(=O)NCc1cccs1.